The molecule has 1 spiro atoms. The van der Waals surface area contributed by atoms with Gasteiger partial charge in [0.1, 0.15) is 5.82 Å². The van der Waals surface area contributed by atoms with Crippen molar-refractivity contribution in [2.75, 3.05) is 5.32 Å². The van der Waals surface area contributed by atoms with Crippen LogP contribution in [0.2, 0.25) is 0 Å². The lowest BCUT2D eigenvalue weighted by Gasteiger charge is -2.27. The van der Waals surface area contributed by atoms with Crippen molar-refractivity contribution in [3.63, 3.8) is 0 Å². The van der Waals surface area contributed by atoms with E-state index < -0.39 is 0 Å². The van der Waals surface area contributed by atoms with Gasteiger partial charge in [0.05, 0.1) is 11.9 Å². The monoisotopic (exact) mass is 333 g/mol. The van der Waals surface area contributed by atoms with E-state index in [-0.39, 0.29) is 12.4 Å². The molecule has 2 saturated carbocycles. The van der Waals surface area contributed by atoms with E-state index in [1.54, 1.807) is 0 Å². The third-order valence-electron chi connectivity index (χ3n) is 5.94. The van der Waals surface area contributed by atoms with Gasteiger partial charge in [-0.1, -0.05) is 0 Å². The normalized spacial score (nSPS) is 27.7. The molecule has 3 aliphatic carbocycles. The van der Waals surface area contributed by atoms with E-state index in [0.717, 1.165) is 37.8 Å². The van der Waals surface area contributed by atoms with Crippen LogP contribution in [-0.2, 0) is 12.8 Å². The number of nitrogens with zero attached hydrogens (tertiary/aromatic N) is 3. The molecule has 23 heavy (non-hydrogen) atoms. The number of nitrogens with two attached hydrogens (primary N) is 1. The van der Waals surface area contributed by atoms with Crippen LogP contribution in [0.4, 0.5) is 5.82 Å². The van der Waals surface area contributed by atoms with Crippen LogP contribution in [0.25, 0.3) is 5.65 Å². The van der Waals surface area contributed by atoms with Crippen LogP contribution in [0.1, 0.15) is 49.8 Å². The smallest absolute Gasteiger partial charge is 0.157 e. The molecular weight excluding hydrogens is 310 g/mol. The number of halogens is 1. The van der Waals surface area contributed by atoms with Gasteiger partial charge < -0.3 is 11.1 Å². The van der Waals surface area contributed by atoms with Gasteiger partial charge in [-0.15, -0.1) is 12.4 Å². The molecule has 0 radical (unpaired) electrons. The third-order valence-corrected chi connectivity index (χ3v) is 5.94. The number of fused-ring (bicyclic) bond motifs is 2. The first kappa shape index (κ1) is 15.2. The van der Waals surface area contributed by atoms with Crippen LogP contribution in [0.15, 0.2) is 12.3 Å². The van der Waals surface area contributed by atoms with Crippen molar-refractivity contribution >= 4 is 23.9 Å². The Morgan fingerprint density at radius 3 is 2.87 bits per heavy atom. The molecule has 2 atom stereocenters. The third kappa shape index (κ3) is 2.50. The summed E-state index contributed by atoms with van der Waals surface area (Å²) >= 11 is 0. The molecule has 2 aromatic rings. The van der Waals surface area contributed by atoms with E-state index in [4.69, 9.17) is 10.7 Å². The van der Waals surface area contributed by atoms with Gasteiger partial charge in [0.2, 0.25) is 0 Å². The molecule has 2 heterocycles. The summed E-state index contributed by atoms with van der Waals surface area (Å²) in [6.45, 7) is 0. The molecule has 3 aliphatic rings. The molecular formula is C17H24ClN5. The molecule has 124 valence electrons. The summed E-state index contributed by atoms with van der Waals surface area (Å²) in [7, 11) is 0. The van der Waals surface area contributed by atoms with Crippen molar-refractivity contribution in [1.29, 1.82) is 0 Å². The Morgan fingerprint density at radius 1 is 1.26 bits per heavy atom. The minimum atomic E-state index is 0. The molecule has 5 nitrogen and oxygen atoms in total. The van der Waals surface area contributed by atoms with E-state index >= 15 is 0 Å². The highest BCUT2D eigenvalue weighted by atomic mass is 35.5. The first-order valence-electron chi connectivity index (χ1n) is 8.60. The van der Waals surface area contributed by atoms with Crippen LogP contribution in [-0.4, -0.2) is 26.7 Å². The van der Waals surface area contributed by atoms with Gasteiger partial charge in [-0.3, -0.25) is 0 Å². The van der Waals surface area contributed by atoms with Gasteiger partial charge in [-0.2, -0.15) is 9.61 Å². The van der Waals surface area contributed by atoms with E-state index in [9.17, 15) is 0 Å². The number of hydrogen-bond donors (Lipinski definition) is 2. The van der Waals surface area contributed by atoms with Crippen LogP contribution in [0.5, 0.6) is 0 Å². The first-order valence-corrected chi connectivity index (χ1v) is 8.60. The van der Waals surface area contributed by atoms with Crippen molar-refractivity contribution in [2.45, 2.75) is 63.5 Å². The lowest BCUT2D eigenvalue weighted by atomic mass is 9.84. The summed E-state index contributed by atoms with van der Waals surface area (Å²) in [4.78, 5) is 4.90. The second-order valence-electron chi connectivity index (χ2n) is 7.58. The highest BCUT2D eigenvalue weighted by Crippen LogP contribution is 2.55. The molecule has 0 aromatic carbocycles. The average Bonchev–Trinajstić information content (AvgIpc) is 2.92. The first-order chi connectivity index (χ1) is 10.7. The predicted octanol–water partition coefficient (Wildman–Crippen LogP) is 2.71. The van der Waals surface area contributed by atoms with Gasteiger partial charge >= 0.3 is 0 Å². The zero-order chi connectivity index (χ0) is 14.7. The van der Waals surface area contributed by atoms with E-state index in [2.05, 4.69) is 10.4 Å². The maximum absolute atomic E-state index is 6.08. The fraction of sp³-hybridized carbons (Fsp3) is 0.647. The molecule has 0 unspecified atom stereocenters. The molecule has 0 saturated heterocycles. The fourth-order valence-corrected chi connectivity index (χ4v) is 4.36. The topological polar surface area (TPSA) is 68.2 Å². The second kappa shape index (κ2) is 5.35. The van der Waals surface area contributed by atoms with E-state index in [1.807, 2.05) is 16.8 Å². The zero-order valence-electron chi connectivity index (χ0n) is 13.3. The Balaban J connectivity index is 0.00000135. The van der Waals surface area contributed by atoms with Gasteiger partial charge in [-0.25, -0.2) is 4.98 Å². The van der Waals surface area contributed by atoms with Crippen LogP contribution in [0.3, 0.4) is 0 Å². The number of aromatic nitrogens is 3. The van der Waals surface area contributed by atoms with Crippen LogP contribution >= 0.6 is 12.4 Å². The molecule has 5 rings (SSSR count). The largest absolute Gasteiger partial charge is 0.367 e. The molecule has 6 heteroatoms. The summed E-state index contributed by atoms with van der Waals surface area (Å²) in [6, 6.07) is 2.84. The lowest BCUT2D eigenvalue weighted by molar-refractivity contribution is 0.429. The summed E-state index contributed by atoms with van der Waals surface area (Å²) in [5.74, 6) is 1.18. The molecule has 0 bridgehead atoms. The maximum Gasteiger partial charge on any atom is 0.157 e. The Morgan fingerprint density at radius 2 is 2.13 bits per heavy atom. The Kier molecular flexibility index (Phi) is 3.54. The van der Waals surface area contributed by atoms with Crippen molar-refractivity contribution in [2.24, 2.45) is 11.1 Å². The molecule has 2 fully saturated rings. The van der Waals surface area contributed by atoms with Crippen molar-refractivity contribution < 1.29 is 0 Å². The predicted molar refractivity (Wildman–Crippen MR) is 93.2 cm³/mol. The Labute approximate surface area is 142 Å². The molecule has 0 amide bonds. The average molecular weight is 334 g/mol. The summed E-state index contributed by atoms with van der Waals surface area (Å²) in [5.41, 5.74) is 10.3. The maximum atomic E-state index is 6.08. The van der Waals surface area contributed by atoms with Crippen LogP contribution < -0.4 is 11.1 Å². The van der Waals surface area contributed by atoms with Gasteiger partial charge in [0, 0.05) is 23.7 Å². The number of hydrogen-bond acceptors (Lipinski definition) is 4. The van der Waals surface area contributed by atoms with E-state index in [1.165, 1.54) is 36.3 Å². The molecule has 3 N–H and O–H groups in total. The minimum Gasteiger partial charge on any atom is -0.367 e. The van der Waals surface area contributed by atoms with Crippen LogP contribution in [0, 0.1) is 5.41 Å². The van der Waals surface area contributed by atoms with Crippen molar-refractivity contribution in [1.82, 2.24) is 14.6 Å². The zero-order valence-corrected chi connectivity index (χ0v) is 14.1. The highest BCUT2D eigenvalue weighted by Gasteiger charge is 2.46. The van der Waals surface area contributed by atoms with Gasteiger partial charge in [-0.05, 0) is 56.8 Å². The van der Waals surface area contributed by atoms with Crippen molar-refractivity contribution in [3.8, 4) is 0 Å². The quantitative estimate of drug-likeness (QED) is 0.886. The number of nitrogens with one attached hydrogen (secondary N) is 1. The Hall–Kier alpha value is -1.33. The Bertz CT molecular complexity index is 736. The number of anilines is 1. The molecule has 2 aromatic heterocycles. The highest BCUT2D eigenvalue weighted by molar-refractivity contribution is 5.85. The summed E-state index contributed by atoms with van der Waals surface area (Å²) in [5, 5.41) is 8.26. The second-order valence-corrected chi connectivity index (χ2v) is 7.58. The fourth-order valence-electron chi connectivity index (χ4n) is 4.36. The van der Waals surface area contributed by atoms with Gasteiger partial charge in [0.15, 0.2) is 5.65 Å². The summed E-state index contributed by atoms with van der Waals surface area (Å²) in [6.07, 6.45) is 11.6. The standard InChI is InChI=1S/C17H23N5.ClH/c18-11-1-2-12(9-11)20-16-13-3-5-17(6-7-17)10-14(13)21-15-4-8-19-22(15)16;/h4,8,11-12,20H,1-3,5-7,9-10,18H2;1H/t11-,12-;/m0./s1. The molecule has 0 aliphatic heterocycles. The van der Waals surface area contributed by atoms with E-state index in [0.29, 0.717) is 17.5 Å². The minimum absolute atomic E-state index is 0. The van der Waals surface area contributed by atoms with Crippen molar-refractivity contribution in [3.05, 3.63) is 23.5 Å². The number of rotatable bonds is 2. The lowest BCUT2D eigenvalue weighted by Crippen LogP contribution is -2.25. The van der Waals surface area contributed by atoms with Gasteiger partial charge in [0.25, 0.3) is 0 Å². The summed E-state index contributed by atoms with van der Waals surface area (Å²) < 4.78 is 1.99. The SMILES string of the molecule is Cl.N[C@H]1CC[C@H](Nc2c3c(nc4ccnn24)CC2(CC3)CC2)C1.